The largest absolute Gasteiger partial charge is 0.395 e. The molecule has 2 fully saturated rings. The van der Waals surface area contributed by atoms with E-state index in [4.69, 9.17) is 0 Å². The summed E-state index contributed by atoms with van der Waals surface area (Å²) in [4.78, 5) is 8.75. The van der Waals surface area contributed by atoms with Crippen molar-refractivity contribution in [2.45, 2.75) is 30.8 Å². The Hall–Kier alpha value is -1.29. The molecule has 8 heteroatoms. The Morgan fingerprint density at radius 1 is 1.15 bits per heavy atom. The minimum Gasteiger partial charge on any atom is -0.395 e. The SMILES string of the molecule is OC[C@@H]1[C@@H](O)[C@H](O)[C@@H](O)CN1C[C@H]1CCN(c2cccc3scnc23)C1. The summed E-state index contributed by atoms with van der Waals surface area (Å²) < 4.78 is 1.18. The number of benzene rings is 1. The fraction of sp³-hybridized carbons (Fsp3) is 0.611. The number of anilines is 1. The van der Waals surface area contributed by atoms with E-state index in [0.29, 0.717) is 12.5 Å². The van der Waals surface area contributed by atoms with Gasteiger partial charge in [-0.25, -0.2) is 4.98 Å². The maximum atomic E-state index is 10.1. The molecule has 26 heavy (non-hydrogen) atoms. The van der Waals surface area contributed by atoms with Crippen molar-refractivity contribution in [3.05, 3.63) is 23.7 Å². The second-order valence-corrected chi connectivity index (χ2v) is 8.22. The van der Waals surface area contributed by atoms with Crippen LogP contribution in [0.15, 0.2) is 23.7 Å². The summed E-state index contributed by atoms with van der Waals surface area (Å²) in [5.74, 6) is 0.368. The fourth-order valence-corrected chi connectivity index (χ4v) is 4.94. The Morgan fingerprint density at radius 2 is 2.00 bits per heavy atom. The molecule has 0 unspecified atom stereocenters. The van der Waals surface area contributed by atoms with E-state index in [0.717, 1.165) is 30.7 Å². The molecule has 0 amide bonds. The van der Waals surface area contributed by atoms with Crippen molar-refractivity contribution in [3.63, 3.8) is 0 Å². The minimum atomic E-state index is -1.20. The van der Waals surface area contributed by atoms with E-state index in [9.17, 15) is 20.4 Å². The summed E-state index contributed by atoms with van der Waals surface area (Å²) in [7, 11) is 0. The second kappa shape index (κ2) is 7.38. The maximum absolute atomic E-state index is 10.1. The van der Waals surface area contributed by atoms with E-state index in [1.165, 1.54) is 4.70 Å². The minimum absolute atomic E-state index is 0.237. The molecule has 0 bridgehead atoms. The summed E-state index contributed by atoms with van der Waals surface area (Å²) in [6.45, 7) is 2.52. The molecule has 0 radical (unpaired) electrons. The predicted octanol–water partition coefficient (Wildman–Crippen LogP) is -0.118. The van der Waals surface area contributed by atoms with Crippen LogP contribution in [-0.4, -0.2) is 87.4 Å². The van der Waals surface area contributed by atoms with Crippen LogP contribution in [0, 0.1) is 5.92 Å². The van der Waals surface area contributed by atoms with Gasteiger partial charge in [-0.3, -0.25) is 4.90 Å². The summed E-state index contributed by atoms with van der Waals surface area (Å²) in [6.07, 6.45) is -2.32. The first-order valence-corrected chi connectivity index (χ1v) is 9.92. The number of aromatic nitrogens is 1. The summed E-state index contributed by atoms with van der Waals surface area (Å²) in [5.41, 5.74) is 4.06. The van der Waals surface area contributed by atoms with Crippen molar-refractivity contribution < 1.29 is 20.4 Å². The summed E-state index contributed by atoms with van der Waals surface area (Å²) in [6, 6.07) is 5.71. The van der Waals surface area contributed by atoms with Crippen LogP contribution < -0.4 is 4.90 Å². The van der Waals surface area contributed by atoms with E-state index in [2.05, 4.69) is 28.1 Å². The number of aliphatic hydroxyl groups is 4. The average Bonchev–Trinajstić information content (AvgIpc) is 3.29. The molecular formula is C18H25N3O4S. The highest BCUT2D eigenvalue weighted by atomic mass is 32.1. The van der Waals surface area contributed by atoms with Crippen molar-refractivity contribution in [1.29, 1.82) is 0 Å². The lowest BCUT2D eigenvalue weighted by Gasteiger charge is -2.44. The zero-order chi connectivity index (χ0) is 18.3. The monoisotopic (exact) mass is 379 g/mol. The van der Waals surface area contributed by atoms with Gasteiger partial charge in [-0.1, -0.05) is 6.07 Å². The number of hydrogen-bond donors (Lipinski definition) is 4. The quantitative estimate of drug-likeness (QED) is 0.588. The molecule has 1 aromatic heterocycles. The van der Waals surface area contributed by atoms with Crippen molar-refractivity contribution in [3.8, 4) is 0 Å². The number of hydrogen-bond acceptors (Lipinski definition) is 8. The van der Waals surface area contributed by atoms with Crippen LogP contribution in [0.3, 0.4) is 0 Å². The number of fused-ring (bicyclic) bond motifs is 1. The highest BCUT2D eigenvalue weighted by Crippen LogP contribution is 2.32. The molecule has 142 valence electrons. The number of aliphatic hydroxyl groups excluding tert-OH is 4. The van der Waals surface area contributed by atoms with Crippen LogP contribution in [0.2, 0.25) is 0 Å². The predicted molar refractivity (Wildman–Crippen MR) is 100 cm³/mol. The Bertz CT molecular complexity index is 757. The molecule has 5 atom stereocenters. The Morgan fingerprint density at radius 3 is 2.81 bits per heavy atom. The molecule has 2 aromatic rings. The molecule has 4 rings (SSSR count). The first kappa shape index (κ1) is 18.1. The number of rotatable bonds is 4. The Labute approximate surface area is 156 Å². The first-order chi connectivity index (χ1) is 12.6. The van der Waals surface area contributed by atoms with Gasteiger partial charge >= 0.3 is 0 Å². The molecule has 0 saturated carbocycles. The fourth-order valence-electron chi connectivity index (χ4n) is 4.25. The lowest BCUT2D eigenvalue weighted by Crippen LogP contribution is -2.63. The smallest absolute Gasteiger partial charge is 0.109 e. The number of para-hydroxylation sites is 1. The lowest BCUT2D eigenvalue weighted by molar-refractivity contribution is -0.146. The van der Waals surface area contributed by atoms with Crippen molar-refractivity contribution in [1.82, 2.24) is 9.88 Å². The molecule has 1 aromatic carbocycles. The van der Waals surface area contributed by atoms with Crippen molar-refractivity contribution >= 4 is 27.2 Å². The van der Waals surface area contributed by atoms with E-state index in [1.807, 2.05) is 10.4 Å². The molecule has 4 N–H and O–H groups in total. The molecule has 3 heterocycles. The average molecular weight is 379 g/mol. The van der Waals surface area contributed by atoms with E-state index in [1.54, 1.807) is 11.3 Å². The van der Waals surface area contributed by atoms with Crippen LogP contribution in [0.4, 0.5) is 5.69 Å². The van der Waals surface area contributed by atoms with Gasteiger partial charge in [0.25, 0.3) is 0 Å². The van der Waals surface area contributed by atoms with Gasteiger partial charge in [0, 0.05) is 26.2 Å². The number of β-amino-alcohol motifs (C(OH)–C–C–N with tert-alkyl or cyclic N) is 1. The van der Waals surface area contributed by atoms with Crippen LogP contribution >= 0.6 is 11.3 Å². The van der Waals surface area contributed by atoms with Crippen molar-refractivity contribution in [2.24, 2.45) is 5.92 Å². The van der Waals surface area contributed by atoms with Gasteiger partial charge in [-0.15, -0.1) is 11.3 Å². The first-order valence-electron chi connectivity index (χ1n) is 9.04. The molecule has 2 aliphatic heterocycles. The third kappa shape index (κ3) is 3.21. The zero-order valence-electron chi connectivity index (χ0n) is 14.5. The molecule has 2 saturated heterocycles. The van der Waals surface area contributed by atoms with Gasteiger partial charge in [-0.2, -0.15) is 0 Å². The third-order valence-corrected chi connectivity index (χ3v) is 6.47. The Balaban J connectivity index is 1.45. The normalized spacial score (nSPS) is 33.2. The highest BCUT2D eigenvalue weighted by molar-refractivity contribution is 7.16. The van der Waals surface area contributed by atoms with Crippen LogP contribution in [-0.2, 0) is 0 Å². The molecule has 7 nitrogen and oxygen atoms in total. The van der Waals surface area contributed by atoms with Gasteiger partial charge in [0.15, 0.2) is 0 Å². The van der Waals surface area contributed by atoms with Gasteiger partial charge < -0.3 is 25.3 Å². The molecule has 0 spiro atoms. The van der Waals surface area contributed by atoms with Crippen molar-refractivity contribution in [2.75, 3.05) is 37.7 Å². The van der Waals surface area contributed by atoms with Crippen LogP contribution in [0.5, 0.6) is 0 Å². The van der Waals surface area contributed by atoms with E-state index < -0.39 is 24.4 Å². The highest BCUT2D eigenvalue weighted by Gasteiger charge is 2.42. The number of nitrogens with zero attached hydrogens (tertiary/aromatic N) is 3. The summed E-state index contributed by atoms with van der Waals surface area (Å²) >= 11 is 1.64. The third-order valence-electron chi connectivity index (χ3n) is 5.67. The zero-order valence-corrected chi connectivity index (χ0v) is 15.3. The number of thiazole rings is 1. The standard InChI is InChI=1S/C18H25N3O4S/c22-9-13-17(24)18(25)14(23)8-21(13)7-11-4-5-20(6-11)12-2-1-3-15-16(12)19-10-26-15/h1-3,10-11,13-14,17-18,22-25H,4-9H2/t11-,13+,14-,17+,18+/m0/s1. The van der Waals surface area contributed by atoms with E-state index in [-0.39, 0.29) is 13.2 Å². The molecule has 0 aliphatic carbocycles. The van der Waals surface area contributed by atoms with Crippen LogP contribution in [0.1, 0.15) is 6.42 Å². The van der Waals surface area contributed by atoms with Gasteiger partial charge in [0.1, 0.15) is 17.7 Å². The number of piperidine rings is 1. The van der Waals surface area contributed by atoms with Gasteiger partial charge in [-0.05, 0) is 24.5 Å². The second-order valence-electron chi connectivity index (χ2n) is 7.33. The van der Waals surface area contributed by atoms with Gasteiger partial charge in [0.2, 0.25) is 0 Å². The summed E-state index contributed by atoms with van der Waals surface area (Å²) in [5, 5.41) is 39.6. The molecular weight excluding hydrogens is 354 g/mol. The lowest BCUT2D eigenvalue weighted by atomic mass is 9.93. The van der Waals surface area contributed by atoms with E-state index >= 15 is 0 Å². The number of likely N-dealkylation sites (tertiary alicyclic amines) is 1. The maximum Gasteiger partial charge on any atom is 0.109 e. The Kier molecular flexibility index (Phi) is 5.13. The van der Waals surface area contributed by atoms with Gasteiger partial charge in [0.05, 0.1) is 34.7 Å². The topological polar surface area (TPSA) is 100 Å². The van der Waals surface area contributed by atoms with Crippen LogP contribution in [0.25, 0.3) is 10.2 Å². The molecule has 2 aliphatic rings.